The lowest BCUT2D eigenvalue weighted by molar-refractivity contribution is -0.123. The molecule has 0 radical (unpaired) electrons. The minimum Gasteiger partial charge on any atom is -0.465 e. The quantitative estimate of drug-likeness (QED) is 0.511. The van der Waals surface area contributed by atoms with Gasteiger partial charge in [-0.1, -0.05) is 18.8 Å². The lowest BCUT2D eigenvalue weighted by Crippen LogP contribution is -2.39. The molecule has 0 unspecified atom stereocenters. The number of anilines is 1. The Morgan fingerprint density at radius 3 is 2.32 bits per heavy atom. The van der Waals surface area contributed by atoms with Crippen molar-refractivity contribution >= 4 is 28.9 Å². The van der Waals surface area contributed by atoms with E-state index in [9.17, 15) is 9.59 Å². The average Bonchev–Trinajstić information content (AvgIpc) is 3.38. The van der Waals surface area contributed by atoms with E-state index in [4.69, 9.17) is 4.74 Å². The van der Waals surface area contributed by atoms with Crippen molar-refractivity contribution in [3.05, 3.63) is 15.8 Å². The van der Waals surface area contributed by atoms with Crippen LogP contribution in [0.15, 0.2) is 6.07 Å². The smallest absolute Gasteiger partial charge is 0.350 e. The van der Waals surface area contributed by atoms with Gasteiger partial charge in [-0.15, -0.1) is 11.3 Å². The van der Waals surface area contributed by atoms with Gasteiger partial charge in [0, 0.05) is 17.4 Å². The van der Waals surface area contributed by atoms with E-state index in [-0.39, 0.29) is 29.3 Å². The number of rotatable bonds is 4. The van der Waals surface area contributed by atoms with E-state index in [1.54, 1.807) is 0 Å². The van der Waals surface area contributed by atoms with Crippen LogP contribution < -0.4 is 4.90 Å². The highest BCUT2D eigenvalue weighted by molar-refractivity contribution is 7.15. The van der Waals surface area contributed by atoms with Crippen LogP contribution in [0.5, 0.6) is 0 Å². The van der Waals surface area contributed by atoms with Gasteiger partial charge in [0.15, 0.2) is 0 Å². The van der Waals surface area contributed by atoms with Gasteiger partial charge < -0.3 is 9.64 Å². The molecule has 0 saturated heterocycles. The second-order valence-corrected chi connectivity index (χ2v) is 10.3. The SMILES string of the molecule is COC(=O)c1sc(C#CC(C)(C)C)cc1N(C(=O)C1CCC(C)CC1)C1CC1. The van der Waals surface area contributed by atoms with Crippen molar-refractivity contribution in [2.45, 2.75) is 72.3 Å². The molecule has 28 heavy (non-hydrogen) atoms. The molecule has 0 spiro atoms. The molecule has 0 aromatic carbocycles. The Morgan fingerprint density at radius 1 is 1.14 bits per heavy atom. The van der Waals surface area contributed by atoms with Gasteiger partial charge in [0.05, 0.1) is 17.7 Å². The second kappa shape index (κ2) is 8.29. The molecule has 2 saturated carbocycles. The van der Waals surface area contributed by atoms with Crippen LogP contribution in [-0.4, -0.2) is 25.0 Å². The third kappa shape index (κ3) is 4.97. The highest BCUT2D eigenvalue weighted by atomic mass is 32.1. The number of carbonyl (C=O) groups is 2. The monoisotopic (exact) mass is 401 g/mol. The predicted molar refractivity (Wildman–Crippen MR) is 114 cm³/mol. The van der Waals surface area contributed by atoms with Crippen molar-refractivity contribution in [2.24, 2.45) is 17.3 Å². The Bertz CT molecular complexity index is 796. The number of hydrogen-bond donors (Lipinski definition) is 0. The third-order valence-electron chi connectivity index (χ3n) is 5.42. The van der Waals surface area contributed by atoms with Crippen LogP contribution in [0.3, 0.4) is 0 Å². The molecular weight excluding hydrogens is 370 g/mol. The first kappa shape index (κ1) is 20.9. The summed E-state index contributed by atoms with van der Waals surface area (Å²) in [6.45, 7) is 8.42. The molecule has 0 bridgehead atoms. The minimum absolute atomic E-state index is 0.0614. The number of hydrogen-bond acceptors (Lipinski definition) is 4. The zero-order valence-electron chi connectivity index (χ0n) is 17.6. The maximum Gasteiger partial charge on any atom is 0.350 e. The first-order chi connectivity index (χ1) is 13.2. The highest BCUT2D eigenvalue weighted by Gasteiger charge is 2.40. The molecule has 2 fully saturated rings. The van der Waals surface area contributed by atoms with Crippen LogP contribution >= 0.6 is 11.3 Å². The summed E-state index contributed by atoms with van der Waals surface area (Å²) in [5, 5.41) is 0. The van der Waals surface area contributed by atoms with Gasteiger partial charge in [0.25, 0.3) is 0 Å². The van der Waals surface area contributed by atoms with Crippen LogP contribution in [0.1, 0.15) is 80.8 Å². The number of esters is 1. The van der Waals surface area contributed by atoms with Crippen molar-refractivity contribution in [3.8, 4) is 11.8 Å². The zero-order chi connectivity index (χ0) is 20.5. The molecule has 4 nitrogen and oxygen atoms in total. The number of ether oxygens (including phenoxy) is 1. The summed E-state index contributed by atoms with van der Waals surface area (Å²) in [7, 11) is 1.39. The molecule has 0 N–H and O–H groups in total. The molecule has 0 aliphatic heterocycles. The number of amides is 1. The summed E-state index contributed by atoms with van der Waals surface area (Å²) in [6.07, 6.45) is 6.08. The topological polar surface area (TPSA) is 46.6 Å². The minimum atomic E-state index is -0.389. The van der Waals surface area contributed by atoms with E-state index < -0.39 is 0 Å². The largest absolute Gasteiger partial charge is 0.465 e. The Kier molecular flexibility index (Phi) is 6.19. The lowest BCUT2D eigenvalue weighted by atomic mass is 9.82. The van der Waals surface area contributed by atoms with Gasteiger partial charge in [-0.05, 0) is 71.3 Å². The third-order valence-corrected chi connectivity index (χ3v) is 6.44. The summed E-state index contributed by atoms with van der Waals surface area (Å²) in [5.41, 5.74) is 0.571. The van der Waals surface area contributed by atoms with Crippen LogP contribution in [0, 0.1) is 29.1 Å². The van der Waals surface area contributed by atoms with E-state index in [0.29, 0.717) is 16.5 Å². The molecule has 1 aromatic rings. The summed E-state index contributed by atoms with van der Waals surface area (Å²) in [4.78, 5) is 29.1. The molecule has 1 heterocycles. The lowest BCUT2D eigenvalue weighted by Gasteiger charge is -2.31. The van der Waals surface area contributed by atoms with Crippen LogP contribution in [0.2, 0.25) is 0 Å². The fourth-order valence-corrected chi connectivity index (χ4v) is 4.56. The van der Waals surface area contributed by atoms with E-state index in [2.05, 4.69) is 39.5 Å². The first-order valence-corrected chi connectivity index (χ1v) is 11.1. The summed E-state index contributed by atoms with van der Waals surface area (Å²) < 4.78 is 5.01. The number of thiophene rings is 1. The second-order valence-electron chi connectivity index (χ2n) is 9.21. The molecule has 2 aliphatic carbocycles. The maximum absolute atomic E-state index is 13.4. The molecule has 1 aromatic heterocycles. The maximum atomic E-state index is 13.4. The average molecular weight is 402 g/mol. The van der Waals surface area contributed by atoms with Gasteiger partial charge in [0.1, 0.15) is 4.88 Å². The molecular formula is C23H31NO3S. The van der Waals surface area contributed by atoms with Crippen LogP contribution in [-0.2, 0) is 9.53 Å². The normalized spacial score (nSPS) is 22.2. The Hall–Kier alpha value is -1.80. The van der Waals surface area contributed by atoms with E-state index in [1.807, 2.05) is 11.0 Å². The van der Waals surface area contributed by atoms with Gasteiger partial charge >= 0.3 is 5.97 Å². The van der Waals surface area contributed by atoms with Gasteiger partial charge in [-0.2, -0.15) is 0 Å². The molecule has 1 amide bonds. The van der Waals surface area contributed by atoms with Gasteiger partial charge in [-0.25, -0.2) is 4.79 Å². The van der Waals surface area contributed by atoms with E-state index in [0.717, 1.165) is 43.4 Å². The standard InChI is InChI=1S/C23H31NO3S/c1-15-6-8-16(9-7-15)21(25)24(17-10-11-17)19-14-18(12-13-23(2,3)4)28-20(19)22(26)27-5/h14-17H,6-11H2,1-5H3. The fraction of sp³-hybridized carbons (Fsp3) is 0.652. The number of nitrogens with zero attached hydrogens (tertiary/aromatic N) is 1. The van der Waals surface area contributed by atoms with Crippen LogP contribution in [0.25, 0.3) is 0 Å². The molecule has 5 heteroatoms. The molecule has 2 aliphatic rings. The van der Waals surface area contributed by atoms with Gasteiger partial charge in [0.2, 0.25) is 5.91 Å². The fourth-order valence-electron chi connectivity index (χ4n) is 3.64. The van der Waals surface area contributed by atoms with Gasteiger partial charge in [-0.3, -0.25) is 4.79 Å². The zero-order valence-corrected chi connectivity index (χ0v) is 18.4. The Morgan fingerprint density at radius 2 is 1.79 bits per heavy atom. The van der Waals surface area contributed by atoms with Crippen molar-refractivity contribution < 1.29 is 14.3 Å². The summed E-state index contributed by atoms with van der Waals surface area (Å²) in [5.74, 6) is 6.95. The van der Waals surface area contributed by atoms with Crippen molar-refractivity contribution in [1.29, 1.82) is 0 Å². The van der Waals surface area contributed by atoms with Crippen molar-refractivity contribution in [2.75, 3.05) is 12.0 Å². The Balaban J connectivity index is 1.95. The van der Waals surface area contributed by atoms with Crippen molar-refractivity contribution in [3.63, 3.8) is 0 Å². The first-order valence-electron chi connectivity index (χ1n) is 10.3. The number of carbonyl (C=O) groups excluding carboxylic acids is 2. The molecule has 0 atom stereocenters. The van der Waals surface area contributed by atoms with Crippen LogP contribution in [0.4, 0.5) is 5.69 Å². The molecule has 152 valence electrons. The number of methoxy groups -OCH3 is 1. The highest BCUT2D eigenvalue weighted by Crippen LogP contribution is 2.41. The van der Waals surface area contributed by atoms with E-state index in [1.165, 1.54) is 18.4 Å². The van der Waals surface area contributed by atoms with E-state index >= 15 is 0 Å². The Labute approximate surface area is 172 Å². The summed E-state index contributed by atoms with van der Waals surface area (Å²) >= 11 is 1.33. The summed E-state index contributed by atoms with van der Waals surface area (Å²) in [6, 6.07) is 2.12. The molecule has 3 rings (SSSR count). The van der Waals surface area contributed by atoms with Crippen molar-refractivity contribution in [1.82, 2.24) is 0 Å². The predicted octanol–water partition coefficient (Wildman–Crippen LogP) is 5.25.